The summed E-state index contributed by atoms with van der Waals surface area (Å²) in [5.41, 5.74) is 1.20. The van der Waals surface area contributed by atoms with Crippen LogP contribution in [0.3, 0.4) is 0 Å². The number of amides is 1. The number of carbonyl (C=O) groups is 1. The van der Waals surface area contributed by atoms with Gasteiger partial charge in [-0.3, -0.25) is 4.79 Å². The average molecular weight is 368 g/mol. The first-order valence-corrected chi connectivity index (χ1v) is 10.2. The molecule has 3 rings (SSSR count). The zero-order chi connectivity index (χ0) is 15.2. The van der Waals surface area contributed by atoms with Gasteiger partial charge in [-0.1, -0.05) is 29.2 Å². The van der Waals surface area contributed by atoms with E-state index in [1.54, 1.807) is 34.4 Å². The number of aromatic nitrogens is 2. The summed E-state index contributed by atoms with van der Waals surface area (Å²) in [4.78, 5) is 13.2. The Morgan fingerprint density at radius 3 is 3.00 bits per heavy atom. The Labute approximate surface area is 144 Å². The molecule has 0 aliphatic carbocycles. The number of hydrogen-bond donors (Lipinski definition) is 1. The highest BCUT2D eigenvalue weighted by Crippen LogP contribution is 2.29. The largest absolute Gasteiger partial charge is 0.300 e. The van der Waals surface area contributed by atoms with Crippen molar-refractivity contribution in [2.75, 3.05) is 5.32 Å². The fourth-order valence-corrected chi connectivity index (χ4v) is 4.97. The van der Waals surface area contributed by atoms with E-state index in [4.69, 9.17) is 0 Å². The molecular formula is C14H13N3OS4. The van der Waals surface area contributed by atoms with Gasteiger partial charge in [-0.15, -0.1) is 21.5 Å². The van der Waals surface area contributed by atoms with Crippen molar-refractivity contribution in [3.05, 3.63) is 44.8 Å². The van der Waals surface area contributed by atoms with Crippen LogP contribution < -0.4 is 5.32 Å². The molecule has 0 spiro atoms. The smallest absolute Gasteiger partial charge is 0.226 e. The molecule has 0 radical (unpaired) electrons. The van der Waals surface area contributed by atoms with Crippen molar-refractivity contribution in [1.82, 2.24) is 10.2 Å². The second-order valence-corrected chi connectivity index (χ2v) is 8.43. The van der Waals surface area contributed by atoms with Gasteiger partial charge in [-0.2, -0.15) is 11.3 Å². The predicted octanol–water partition coefficient (Wildman–Crippen LogP) is 4.52. The standard InChI is InChI=1S/C14H13N3OS4/c18-12(4-3-10-5-7-19-8-10)15-13-16-17-14(22-13)21-9-11-2-1-6-20-11/h1-2,5-8H,3-4,9H2,(H,15,16,18). The molecule has 8 heteroatoms. The summed E-state index contributed by atoms with van der Waals surface area (Å²) >= 11 is 6.45. The van der Waals surface area contributed by atoms with Crippen molar-refractivity contribution < 1.29 is 4.79 Å². The van der Waals surface area contributed by atoms with E-state index in [2.05, 4.69) is 32.3 Å². The van der Waals surface area contributed by atoms with E-state index in [0.29, 0.717) is 11.6 Å². The summed E-state index contributed by atoms with van der Waals surface area (Å²) in [6.07, 6.45) is 1.22. The Kier molecular flexibility index (Phi) is 5.60. The van der Waals surface area contributed by atoms with E-state index in [1.807, 2.05) is 17.5 Å². The molecule has 0 saturated heterocycles. The van der Waals surface area contributed by atoms with Gasteiger partial charge in [0, 0.05) is 17.1 Å². The van der Waals surface area contributed by atoms with E-state index < -0.39 is 0 Å². The van der Waals surface area contributed by atoms with Gasteiger partial charge in [-0.05, 0) is 40.3 Å². The fourth-order valence-electron chi connectivity index (χ4n) is 1.72. The van der Waals surface area contributed by atoms with Gasteiger partial charge in [0.05, 0.1) is 0 Å². The number of nitrogens with zero attached hydrogens (tertiary/aromatic N) is 2. The third-order valence-electron chi connectivity index (χ3n) is 2.79. The SMILES string of the molecule is O=C(CCc1ccsc1)Nc1nnc(SCc2cccs2)s1. The lowest BCUT2D eigenvalue weighted by Crippen LogP contribution is -2.11. The number of anilines is 1. The van der Waals surface area contributed by atoms with Gasteiger partial charge in [0.25, 0.3) is 0 Å². The highest BCUT2D eigenvalue weighted by atomic mass is 32.2. The zero-order valence-electron chi connectivity index (χ0n) is 11.5. The lowest BCUT2D eigenvalue weighted by Gasteiger charge is -1.99. The molecule has 3 aromatic heterocycles. The van der Waals surface area contributed by atoms with Crippen LogP contribution in [0.15, 0.2) is 38.7 Å². The quantitative estimate of drug-likeness (QED) is 0.492. The molecule has 0 aliphatic heterocycles. The van der Waals surface area contributed by atoms with Crippen molar-refractivity contribution in [2.24, 2.45) is 0 Å². The van der Waals surface area contributed by atoms with Gasteiger partial charge in [-0.25, -0.2) is 0 Å². The number of hydrogen-bond acceptors (Lipinski definition) is 7. The van der Waals surface area contributed by atoms with Crippen molar-refractivity contribution in [3.8, 4) is 0 Å². The molecule has 1 amide bonds. The maximum atomic E-state index is 11.9. The molecule has 1 N–H and O–H groups in total. The number of aryl methyl sites for hydroxylation is 1. The molecule has 0 atom stereocenters. The van der Waals surface area contributed by atoms with Crippen LogP contribution in [0.25, 0.3) is 0 Å². The summed E-state index contributed by atoms with van der Waals surface area (Å²) in [6.45, 7) is 0. The van der Waals surface area contributed by atoms with Crippen molar-refractivity contribution in [1.29, 1.82) is 0 Å². The number of nitrogens with one attached hydrogen (secondary N) is 1. The average Bonchev–Trinajstić information content (AvgIpc) is 3.25. The van der Waals surface area contributed by atoms with Gasteiger partial charge in [0.2, 0.25) is 11.0 Å². The zero-order valence-corrected chi connectivity index (χ0v) is 14.8. The minimum atomic E-state index is -0.0165. The Balaban J connectivity index is 1.45. The summed E-state index contributed by atoms with van der Waals surface area (Å²) < 4.78 is 0.876. The van der Waals surface area contributed by atoms with E-state index in [0.717, 1.165) is 16.5 Å². The first-order valence-electron chi connectivity index (χ1n) is 6.59. The van der Waals surface area contributed by atoms with Crippen molar-refractivity contribution >= 4 is 56.8 Å². The van der Waals surface area contributed by atoms with Gasteiger partial charge < -0.3 is 5.32 Å². The molecule has 3 heterocycles. The third kappa shape index (κ3) is 4.64. The number of thioether (sulfide) groups is 1. The molecule has 0 unspecified atom stereocenters. The van der Waals surface area contributed by atoms with Gasteiger partial charge in [0.15, 0.2) is 4.34 Å². The van der Waals surface area contributed by atoms with Crippen LogP contribution in [0, 0.1) is 0 Å². The molecule has 4 nitrogen and oxygen atoms in total. The van der Waals surface area contributed by atoms with Crippen molar-refractivity contribution in [2.45, 2.75) is 22.9 Å². The van der Waals surface area contributed by atoms with Gasteiger partial charge >= 0.3 is 0 Å². The molecule has 0 aromatic carbocycles. The molecular weight excluding hydrogens is 354 g/mol. The fraction of sp³-hybridized carbons (Fsp3) is 0.214. The highest BCUT2D eigenvalue weighted by molar-refractivity contribution is 8.00. The second-order valence-electron chi connectivity index (χ2n) is 4.42. The normalized spacial score (nSPS) is 10.7. The highest BCUT2D eigenvalue weighted by Gasteiger charge is 2.09. The summed E-state index contributed by atoms with van der Waals surface area (Å²) in [5.74, 6) is 0.871. The maximum Gasteiger partial charge on any atom is 0.226 e. The molecule has 22 heavy (non-hydrogen) atoms. The van der Waals surface area contributed by atoms with Crippen LogP contribution in [-0.2, 0) is 17.0 Å². The van der Waals surface area contributed by atoms with Crippen LogP contribution in [0.2, 0.25) is 0 Å². The van der Waals surface area contributed by atoms with E-state index in [1.165, 1.54) is 21.8 Å². The first-order chi connectivity index (χ1) is 10.8. The monoisotopic (exact) mass is 367 g/mol. The Morgan fingerprint density at radius 2 is 2.23 bits per heavy atom. The van der Waals surface area contributed by atoms with E-state index in [9.17, 15) is 4.79 Å². The van der Waals surface area contributed by atoms with E-state index in [-0.39, 0.29) is 5.91 Å². The third-order valence-corrected chi connectivity index (χ3v) is 6.60. The molecule has 0 bridgehead atoms. The predicted molar refractivity (Wildman–Crippen MR) is 95.1 cm³/mol. The van der Waals surface area contributed by atoms with Crippen LogP contribution >= 0.6 is 45.8 Å². The lowest BCUT2D eigenvalue weighted by molar-refractivity contribution is -0.116. The molecule has 0 fully saturated rings. The number of thiophene rings is 2. The second kappa shape index (κ2) is 7.87. The Morgan fingerprint density at radius 1 is 1.27 bits per heavy atom. The summed E-state index contributed by atoms with van der Waals surface area (Å²) in [5, 5.41) is 17.7. The van der Waals surface area contributed by atoms with Gasteiger partial charge in [0.1, 0.15) is 0 Å². The maximum absolute atomic E-state index is 11.9. The molecule has 3 aromatic rings. The van der Waals surface area contributed by atoms with Crippen LogP contribution in [-0.4, -0.2) is 16.1 Å². The topological polar surface area (TPSA) is 54.9 Å². The number of carbonyl (C=O) groups excluding carboxylic acids is 1. The lowest BCUT2D eigenvalue weighted by atomic mass is 10.2. The van der Waals surface area contributed by atoms with Crippen LogP contribution in [0.4, 0.5) is 5.13 Å². The number of rotatable bonds is 7. The minimum absolute atomic E-state index is 0.0165. The molecule has 0 saturated carbocycles. The van der Waals surface area contributed by atoms with Crippen molar-refractivity contribution in [3.63, 3.8) is 0 Å². The summed E-state index contributed by atoms with van der Waals surface area (Å²) in [6, 6.07) is 6.19. The summed E-state index contributed by atoms with van der Waals surface area (Å²) in [7, 11) is 0. The molecule has 0 aliphatic rings. The van der Waals surface area contributed by atoms with Crippen LogP contribution in [0.5, 0.6) is 0 Å². The van der Waals surface area contributed by atoms with E-state index >= 15 is 0 Å². The Bertz CT molecular complexity index is 706. The van der Waals surface area contributed by atoms with Crippen LogP contribution in [0.1, 0.15) is 16.9 Å². The molecule has 114 valence electrons. The Hall–Kier alpha value is -1.22. The minimum Gasteiger partial charge on any atom is -0.300 e. The first kappa shape index (κ1) is 15.7.